The maximum Gasteiger partial charge on any atom is 0.204 e. The molecule has 2 heterocycles. The molecule has 0 fully saturated rings. The zero-order valence-corrected chi connectivity index (χ0v) is 23.9. The van der Waals surface area contributed by atoms with Crippen molar-refractivity contribution >= 4 is 0 Å². The van der Waals surface area contributed by atoms with Gasteiger partial charge in [0, 0.05) is 16.5 Å². The number of benzene rings is 2. The maximum atomic E-state index is 4.32. The Labute approximate surface area is 231 Å². The predicted octanol–water partition coefficient (Wildman–Crippen LogP) is 7.53. The Morgan fingerprint density at radius 2 is 1.13 bits per heavy atom. The van der Waals surface area contributed by atoms with Gasteiger partial charge in [-0.15, -0.1) is 20.4 Å². The summed E-state index contributed by atoms with van der Waals surface area (Å²) in [6.45, 7) is 9.33. The highest BCUT2D eigenvalue weighted by Gasteiger charge is 2.45. The lowest BCUT2D eigenvalue weighted by Crippen LogP contribution is -2.31. The standard InChI is InChI=1S/C31H42N8/c1-5-9-11-21(7-3)19-31(20-22(8-4)12-10-6-2)27-17-23(29-32-36-37-33-29)13-15-25(27)26-16-14-24(18-28(26)31)30-34-38-39-35-30/h13-18,21-22H,5-12,19-20H2,1-4H3,(H,32,33,36,37)(H,34,35,38,39). The minimum absolute atomic E-state index is 0.104. The molecule has 39 heavy (non-hydrogen) atoms. The van der Waals surface area contributed by atoms with Gasteiger partial charge in [0.25, 0.3) is 0 Å². The second-order valence-corrected chi connectivity index (χ2v) is 11.3. The van der Waals surface area contributed by atoms with Crippen LogP contribution < -0.4 is 0 Å². The molecule has 206 valence electrons. The first-order valence-electron chi connectivity index (χ1n) is 14.9. The summed E-state index contributed by atoms with van der Waals surface area (Å²) in [5.74, 6) is 2.59. The monoisotopic (exact) mass is 526 g/mol. The first-order valence-corrected chi connectivity index (χ1v) is 14.9. The van der Waals surface area contributed by atoms with Crippen LogP contribution in [0.4, 0.5) is 0 Å². The number of tetrazole rings is 2. The van der Waals surface area contributed by atoms with Crippen molar-refractivity contribution in [1.29, 1.82) is 0 Å². The van der Waals surface area contributed by atoms with Crippen LogP contribution in [0.15, 0.2) is 36.4 Å². The number of rotatable bonds is 14. The van der Waals surface area contributed by atoms with Gasteiger partial charge in [-0.3, -0.25) is 0 Å². The number of aromatic nitrogens is 8. The fourth-order valence-electron chi connectivity index (χ4n) is 6.74. The van der Waals surface area contributed by atoms with Crippen molar-refractivity contribution in [3.05, 3.63) is 47.5 Å². The highest BCUT2D eigenvalue weighted by Crippen LogP contribution is 2.57. The highest BCUT2D eigenvalue weighted by atomic mass is 15.5. The fraction of sp³-hybridized carbons (Fsp3) is 0.548. The fourth-order valence-corrected chi connectivity index (χ4v) is 6.74. The topological polar surface area (TPSA) is 109 Å². The molecule has 0 spiro atoms. The smallest absolute Gasteiger partial charge is 0.177 e. The lowest BCUT2D eigenvalue weighted by atomic mass is 9.65. The van der Waals surface area contributed by atoms with Crippen molar-refractivity contribution in [2.75, 3.05) is 0 Å². The number of hydrogen-bond acceptors (Lipinski definition) is 6. The van der Waals surface area contributed by atoms with Crippen molar-refractivity contribution in [3.8, 4) is 33.9 Å². The molecule has 8 heteroatoms. The second kappa shape index (κ2) is 12.2. The van der Waals surface area contributed by atoms with Crippen LogP contribution in [-0.2, 0) is 5.41 Å². The van der Waals surface area contributed by atoms with Gasteiger partial charge in [0.05, 0.1) is 0 Å². The molecule has 2 atom stereocenters. The van der Waals surface area contributed by atoms with Crippen LogP contribution in [0.25, 0.3) is 33.9 Å². The Balaban J connectivity index is 1.71. The SMILES string of the molecule is CCCCC(CC)CC1(CC(CC)CCCC)c2cc(-c3nn[nH]n3)ccc2-c2ccc(-c3nn[nH]n3)cc21. The second-order valence-electron chi connectivity index (χ2n) is 11.3. The van der Waals surface area contributed by atoms with E-state index in [2.05, 4.69) is 105 Å². The Hall–Kier alpha value is -3.42. The van der Waals surface area contributed by atoms with Gasteiger partial charge < -0.3 is 0 Å². The van der Waals surface area contributed by atoms with Crippen LogP contribution in [0.5, 0.6) is 0 Å². The molecule has 0 amide bonds. The molecule has 5 rings (SSSR count). The van der Waals surface area contributed by atoms with Gasteiger partial charge in [-0.1, -0.05) is 103 Å². The van der Waals surface area contributed by atoms with E-state index in [1.54, 1.807) is 0 Å². The van der Waals surface area contributed by atoms with E-state index < -0.39 is 0 Å². The van der Waals surface area contributed by atoms with E-state index in [9.17, 15) is 0 Å². The van der Waals surface area contributed by atoms with Gasteiger partial charge in [-0.25, -0.2) is 0 Å². The van der Waals surface area contributed by atoms with E-state index >= 15 is 0 Å². The molecule has 2 aromatic heterocycles. The van der Waals surface area contributed by atoms with Crippen LogP contribution in [-0.4, -0.2) is 41.2 Å². The Kier molecular flexibility index (Phi) is 8.48. The summed E-state index contributed by atoms with van der Waals surface area (Å²) < 4.78 is 0. The summed E-state index contributed by atoms with van der Waals surface area (Å²) in [5, 5.41) is 30.2. The molecule has 0 saturated heterocycles. The van der Waals surface area contributed by atoms with E-state index in [4.69, 9.17) is 0 Å². The molecule has 2 unspecified atom stereocenters. The number of nitrogens with zero attached hydrogens (tertiary/aromatic N) is 6. The van der Waals surface area contributed by atoms with Crippen molar-refractivity contribution in [2.45, 2.75) is 97.3 Å². The third-order valence-electron chi connectivity index (χ3n) is 8.93. The predicted molar refractivity (Wildman–Crippen MR) is 155 cm³/mol. The number of nitrogens with one attached hydrogen (secondary N) is 2. The van der Waals surface area contributed by atoms with E-state index in [1.807, 2.05) is 0 Å². The molecule has 0 radical (unpaired) electrons. The van der Waals surface area contributed by atoms with E-state index in [-0.39, 0.29) is 5.41 Å². The molecule has 1 aliphatic rings. The summed E-state index contributed by atoms with van der Waals surface area (Å²) in [6, 6.07) is 13.5. The quantitative estimate of drug-likeness (QED) is 0.176. The Bertz CT molecular complexity index is 1230. The lowest BCUT2D eigenvalue weighted by molar-refractivity contribution is 0.266. The summed E-state index contributed by atoms with van der Waals surface area (Å²) in [4.78, 5) is 0. The summed E-state index contributed by atoms with van der Waals surface area (Å²) in [5.41, 5.74) is 7.40. The average molecular weight is 527 g/mol. The summed E-state index contributed by atoms with van der Waals surface area (Å²) in [6.07, 6.45) is 12.2. The number of unbranched alkanes of at least 4 members (excludes halogenated alkanes) is 2. The van der Waals surface area contributed by atoms with Gasteiger partial charge in [-0.05, 0) is 69.5 Å². The molecule has 0 bridgehead atoms. The molecule has 0 aliphatic heterocycles. The van der Waals surface area contributed by atoms with Gasteiger partial charge >= 0.3 is 0 Å². The van der Waals surface area contributed by atoms with E-state index in [1.165, 1.54) is 73.6 Å². The van der Waals surface area contributed by atoms with Crippen molar-refractivity contribution in [2.24, 2.45) is 11.8 Å². The average Bonchev–Trinajstić information content (AvgIpc) is 3.75. The summed E-state index contributed by atoms with van der Waals surface area (Å²) in [7, 11) is 0. The van der Waals surface area contributed by atoms with Crippen LogP contribution in [0.2, 0.25) is 0 Å². The third kappa shape index (κ3) is 5.38. The number of H-pyrrole nitrogens is 2. The summed E-state index contributed by atoms with van der Waals surface area (Å²) >= 11 is 0. The Morgan fingerprint density at radius 3 is 1.49 bits per heavy atom. The minimum Gasteiger partial charge on any atom is -0.177 e. The van der Waals surface area contributed by atoms with Crippen LogP contribution >= 0.6 is 0 Å². The molecule has 2 N–H and O–H groups in total. The van der Waals surface area contributed by atoms with Crippen LogP contribution in [0, 0.1) is 11.8 Å². The number of fused-ring (bicyclic) bond motifs is 3. The van der Waals surface area contributed by atoms with Crippen molar-refractivity contribution in [3.63, 3.8) is 0 Å². The van der Waals surface area contributed by atoms with Crippen molar-refractivity contribution < 1.29 is 0 Å². The van der Waals surface area contributed by atoms with Crippen molar-refractivity contribution in [1.82, 2.24) is 41.2 Å². The molecule has 0 saturated carbocycles. The normalized spacial score (nSPS) is 15.2. The number of hydrogen-bond donors (Lipinski definition) is 2. The first kappa shape index (κ1) is 27.2. The molecular formula is C31H42N8. The molecule has 2 aromatic carbocycles. The third-order valence-corrected chi connectivity index (χ3v) is 8.93. The van der Waals surface area contributed by atoms with Gasteiger partial charge in [0.1, 0.15) is 0 Å². The van der Waals surface area contributed by atoms with Gasteiger partial charge in [0.2, 0.25) is 11.6 Å². The zero-order chi connectivity index (χ0) is 27.2. The lowest BCUT2D eigenvalue weighted by Gasteiger charge is -2.39. The van der Waals surface area contributed by atoms with Gasteiger partial charge in [0.15, 0.2) is 0 Å². The minimum atomic E-state index is -0.104. The first-order chi connectivity index (χ1) is 19.1. The van der Waals surface area contributed by atoms with Crippen LogP contribution in [0.1, 0.15) is 103 Å². The maximum absolute atomic E-state index is 4.32. The van der Waals surface area contributed by atoms with Gasteiger partial charge in [-0.2, -0.15) is 10.4 Å². The van der Waals surface area contributed by atoms with Crippen LogP contribution in [0.3, 0.4) is 0 Å². The Morgan fingerprint density at radius 1 is 0.667 bits per heavy atom. The molecule has 4 aromatic rings. The highest BCUT2D eigenvalue weighted by molar-refractivity contribution is 5.85. The largest absolute Gasteiger partial charge is 0.204 e. The molecular weight excluding hydrogens is 484 g/mol. The molecule has 1 aliphatic carbocycles. The zero-order valence-electron chi connectivity index (χ0n) is 23.9. The number of aromatic amines is 2. The molecule has 8 nitrogen and oxygen atoms in total. The van der Waals surface area contributed by atoms with E-state index in [0.717, 1.165) is 24.0 Å². The van der Waals surface area contributed by atoms with E-state index in [0.29, 0.717) is 23.5 Å².